The van der Waals surface area contributed by atoms with Gasteiger partial charge in [0, 0.05) is 6.20 Å². The van der Waals surface area contributed by atoms with E-state index in [1.54, 1.807) is 16.8 Å². The van der Waals surface area contributed by atoms with Crippen LogP contribution in [0.1, 0.15) is 41.4 Å². The summed E-state index contributed by atoms with van der Waals surface area (Å²) >= 11 is 0. The SMILES string of the molecule is O=C(C=Cc1cn(C2CCC2)nn1)c1cnn2ccccc12. The zero-order valence-corrected chi connectivity index (χ0v) is 12.0. The fourth-order valence-electron chi connectivity index (χ4n) is 2.57. The first-order valence-electron chi connectivity index (χ1n) is 7.38. The Kier molecular flexibility index (Phi) is 3.07. The second-order valence-electron chi connectivity index (χ2n) is 5.49. The Morgan fingerprint density at radius 2 is 2.23 bits per heavy atom. The molecule has 4 rings (SSSR count). The topological polar surface area (TPSA) is 65.1 Å². The highest BCUT2D eigenvalue weighted by atomic mass is 16.1. The smallest absolute Gasteiger partial charge is 0.189 e. The van der Waals surface area contributed by atoms with Crippen LogP contribution in [-0.2, 0) is 0 Å². The number of rotatable bonds is 4. The molecule has 110 valence electrons. The third-order valence-electron chi connectivity index (χ3n) is 4.07. The molecule has 0 atom stereocenters. The van der Waals surface area contributed by atoms with Crippen LogP contribution in [0.3, 0.4) is 0 Å². The summed E-state index contributed by atoms with van der Waals surface area (Å²) in [6.45, 7) is 0. The summed E-state index contributed by atoms with van der Waals surface area (Å²) in [5.74, 6) is -0.0839. The van der Waals surface area contributed by atoms with E-state index >= 15 is 0 Å². The van der Waals surface area contributed by atoms with Crippen LogP contribution in [-0.4, -0.2) is 30.4 Å². The highest BCUT2D eigenvalue weighted by Crippen LogP contribution is 2.30. The van der Waals surface area contributed by atoms with E-state index in [4.69, 9.17) is 0 Å². The van der Waals surface area contributed by atoms with Gasteiger partial charge >= 0.3 is 0 Å². The number of allylic oxidation sites excluding steroid dienone is 1. The van der Waals surface area contributed by atoms with E-state index in [0.29, 0.717) is 17.3 Å². The molecule has 0 aliphatic heterocycles. The molecule has 1 aliphatic rings. The first kappa shape index (κ1) is 12.9. The molecule has 1 saturated carbocycles. The van der Waals surface area contributed by atoms with E-state index in [0.717, 1.165) is 18.4 Å². The summed E-state index contributed by atoms with van der Waals surface area (Å²) in [5.41, 5.74) is 2.09. The summed E-state index contributed by atoms with van der Waals surface area (Å²) in [6, 6.07) is 6.12. The van der Waals surface area contributed by atoms with Gasteiger partial charge in [0.05, 0.1) is 29.5 Å². The second-order valence-corrected chi connectivity index (χ2v) is 5.49. The van der Waals surface area contributed by atoms with Crippen LogP contribution in [0.5, 0.6) is 0 Å². The highest BCUT2D eigenvalue weighted by molar-refractivity contribution is 6.10. The minimum absolute atomic E-state index is 0.0839. The van der Waals surface area contributed by atoms with E-state index in [9.17, 15) is 4.79 Å². The molecule has 0 bridgehead atoms. The lowest BCUT2D eigenvalue weighted by molar-refractivity contribution is 0.104. The molecule has 0 amide bonds. The van der Waals surface area contributed by atoms with Crippen molar-refractivity contribution in [3.8, 4) is 0 Å². The van der Waals surface area contributed by atoms with Gasteiger partial charge in [-0.2, -0.15) is 5.10 Å². The van der Waals surface area contributed by atoms with Crippen molar-refractivity contribution in [3.63, 3.8) is 0 Å². The fraction of sp³-hybridized carbons (Fsp3) is 0.250. The molecule has 6 nitrogen and oxygen atoms in total. The van der Waals surface area contributed by atoms with Crippen molar-refractivity contribution in [1.29, 1.82) is 0 Å². The number of hydrogen-bond donors (Lipinski definition) is 0. The molecular weight excluding hydrogens is 278 g/mol. The molecule has 6 heteroatoms. The van der Waals surface area contributed by atoms with Gasteiger partial charge in [-0.15, -0.1) is 5.10 Å². The van der Waals surface area contributed by atoms with Gasteiger partial charge in [0.25, 0.3) is 0 Å². The molecule has 22 heavy (non-hydrogen) atoms. The van der Waals surface area contributed by atoms with Crippen LogP contribution in [0.25, 0.3) is 11.6 Å². The monoisotopic (exact) mass is 293 g/mol. The average molecular weight is 293 g/mol. The van der Waals surface area contributed by atoms with Crippen molar-refractivity contribution in [2.75, 3.05) is 0 Å². The van der Waals surface area contributed by atoms with Crippen LogP contribution < -0.4 is 0 Å². The first-order valence-corrected chi connectivity index (χ1v) is 7.38. The molecule has 0 radical (unpaired) electrons. The van der Waals surface area contributed by atoms with Crippen molar-refractivity contribution in [2.24, 2.45) is 0 Å². The number of aromatic nitrogens is 5. The summed E-state index contributed by atoms with van der Waals surface area (Å²) in [5, 5.41) is 12.4. The van der Waals surface area contributed by atoms with Crippen molar-refractivity contribution < 1.29 is 4.79 Å². The Morgan fingerprint density at radius 1 is 1.32 bits per heavy atom. The largest absolute Gasteiger partial charge is 0.289 e. The molecule has 3 heterocycles. The number of nitrogens with zero attached hydrogens (tertiary/aromatic N) is 5. The first-order chi connectivity index (χ1) is 10.8. The van der Waals surface area contributed by atoms with Gasteiger partial charge in [-0.05, 0) is 43.5 Å². The maximum absolute atomic E-state index is 12.3. The predicted octanol–water partition coefficient (Wildman–Crippen LogP) is 2.55. The van der Waals surface area contributed by atoms with E-state index in [-0.39, 0.29) is 5.78 Å². The molecule has 3 aromatic rings. The number of carbonyl (C=O) groups excluding carboxylic acids is 1. The van der Waals surface area contributed by atoms with Gasteiger partial charge in [0.15, 0.2) is 5.78 Å². The summed E-state index contributed by atoms with van der Waals surface area (Å²) in [4.78, 5) is 12.3. The van der Waals surface area contributed by atoms with Gasteiger partial charge in [0.1, 0.15) is 5.69 Å². The molecular formula is C16H15N5O. The predicted molar refractivity (Wildman–Crippen MR) is 81.5 cm³/mol. The van der Waals surface area contributed by atoms with Gasteiger partial charge in [-0.3, -0.25) is 4.79 Å². The van der Waals surface area contributed by atoms with Gasteiger partial charge in [0.2, 0.25) is 0 Å². The zero-order chi connectivity index (χ0) is 14.9. The molecule has 0 aromatic carbocycles. The van der Waals surface area contributed by atoms with Gasteiger partial charge in [-0.25, -0.2) is 9.20 Å². The quantitative estimate of drug-likeness (QED) is 0.548. The number of pyridine rings is 1. The molecule has 1 aliphatic carbocycles. The van der Waals surface area contributed by atoms with Crippen LogP contribution in [0.4, 0.5) is 0 Å². The Bertz CT molecular complexity index is 856. The van der Waals surface area contributed by atoms with E-state index in [1.807, 2.05) is 35.3 Å². The maximum Gasteiger partial charge on any atom is 0.189 e. The standard InChI is InChI=1S/C16H15N5O/c22-16(14-10-17-20-9-2-1-6-15(14)20)8-7-12-11-21(19-18-12)13-4-3-5-13/h1-2,6-11,13H,3-5H2. The Balaban J connectivity index is 1.54. The molecule has 0 saturated heterocycles. The average Bonchev–Trinajstić information content (AvgIpc) is 3.10. The third kappa shape index (κ3) is 2.22. The Hall–Kier alpha value is -2.76. The Labute approximate surface area is 127 Å². The van der Waals surface area contributed by atoms with E-state index < -0.39 is 0 Å². The van der Waals surface area contributed by atoms with E-state index in [2.05, 4.69) is 15.4 Å². The number of carbonyl (C=O) groups is 1. The van der Waals surface area contributed by atoms with Crippen LogP contribution in [0.15, 0.2) is 42.9 Å². The van der Waals surface area contributed by atoms with Crippen LogP contribution in [0.2, 0.25) is 0 Å². The van der Waals surface area contributed by atoms with Gasteiger partial charge < -0.3 is 0 Å². The molecule has 3 aromatic heterocycles. The summed E-state index contributed by atoms with van der Waals surface area (Å²) in [7, 11) is 0. The summed E-state index contributed by atoms with van der Waals surface area (Å²) < 4.78 is 3.58. The fourth-order valence-corrected chi connectivity index (χ4v) is 2.57. The highest BCUT2D eigenvalue weighted by Gasteiger charge is 2.20. The normalized spacial score (nSPS) is 15.5. The third-order valence-corrected chi connectivity index (χ3v) is 4.07. The lowest BCUT2D eigenvalue weighted by atomic mass is 9.93. The Morgan fingerprint density at radius 3 is 3.05 bits per heavy atom. The lowest BCUT2D eigenvalue weighted by Crippen LogP contribution is -2.17. The van der Waals surface area contributed by atoms with Crippen LogP contribution in [0, 0.1) is 0 Å². The van der Waals surface area contributed by atoms with Crippen molar-refractivity contribution >= 4 is 17.4 Å². The number of ketones is 1. The number of fused-ring (bicyclic) bond motifs is 1. The second kappa shape index (κ2) is 5.22. The minimum Gasteiger partial charge on any atom is -0.289 e. The molecule has 0 N–H and O–H groups in total. The minimum atomic E-state index is -0.0839. The molecule has 0 unspecified atom stereocenters. The van der Waals surface area contributed by atoms with Gasteiger partial charge in [-0.1, -0.05) is 11.3 Å². The lowest BCUT2D eigenvalue weighted by Gasteiger charge is -2.24. The molecule has 0 spiro atoms. The zero-order valence-electron chi connectivity index (χ0n) is 12.0. The van der Waals surface area contributed by atoms with E-state index in [1.165, 1.54) is 12.5 Å². The maximum atomic E-state index is 12.3. The summed E-state index contributed by atoms with van der Waals surface area (Å²) in [6.07, 6.45) is 12.1. The molecule has 1 fully saturated rings. The van der Waals surface area contributed by atoms with Crippen molar-refractivity contribution in [3.05, 3.63) is 54.1 Å². The van der Waals surface area contributed by atoms with Crippen LogP contribution >= 0.6 is 0 Å². The number of hydrogen-bond acceptors (Lipinski definition) is 4. The van der Waals surface area contributed by atoms with Crippen molar-refractivity contribution in [1.82, 2.24) is 24.6 Å². The van der Waals surface area contributed by atoms with Crippen molar-refractivity contribution in [2.45, 2.75) is 25.3 Å².